The smallest absolute Gasteiger partial charge is 0.129 e. The van der Waals surface area contributed by atoms with E-state index in [9.17, 15) is 4.39 Å². The Bertz CT molecular complexity index is 457. The van der Waals surface area contributed by atoms with Crippen molar-refractivity contribution >= 4 is 11.6 Å². The lowest BCUT2D eigenvalue weighted by Crippen LogP contribution is -2.14. The molecule has 1 aromatic heterocycles. The van der Waals surface area contributed by atoms with Crippen LogP contribution in [-0.2, 0) is 0 Å². The predicted octanol–water partition coefficient (Wildman–Crippen LogP) is 1.65. The minimum absolute atomic E-state index is 0.337. The highest BCUT2D eigenvalue weighted by molar-refractivity contribution is 6.30. The summed E-state index contributed by atoms with van der Waals surface area (Å²) in [4.78, 5) is 0. The third kappa shape index (κ3) is 1.98. The SMILES string of the molecule is NC(c1cn[nH]n1)c1ccc(Cl)cc1F. The summed E-state index contributed by atoms with van der Waals surface area (Å²) in [7, 11) is 0. The second kappa shape index (κ2) is 3.96. The fraction of sp³-hybridized carbons (Fsp3) is 0.111. The van der Waals surface area contributed by atoms with Gasteiger partial charge in [0, 0.05) is 10.6 Å². The standard InChI is InChI=1S/C9H8ClFN4/c10-5-1-2-6(7(11)3-5)9(12)8-4-13-15-14-8/h1-4,9H,12H2,(H,13,14,15). The van der Waals surface area contributed by atoms with Crippen LogP contribution in [0.1, 0.15) is 17.3 Å². The number of rotatable bonds is 2. The normalized spacial score (nSPS) is 12.7. The minimum Gasteiger partial charge on any atom is -0.319 e. The summed E-state index contributed by atoms with van der Waals surface area (Å²) in [5, 5.41) is 10.2. The average Bonchev–Trinajstić information content (AvgIpc) is 2.69. The van der Waals surface area contributed by atoms with Crippen molar-refractivity contribution in [3.63, 3.8) is 0 Å². The molecule has 3 N–H and O–H groups in total. The van der Waals surface area contributed by atoms with Crippen LogP contribution in [0.3, 0.4) is 0 Å². The largest absolute Gasteiger partial charge is 0.319 e. The lowest BCUT2D eigenvalue weighted by atomic mass is 10.1. The lowest BCUT2D eigenvalue weighted by molar-refractivity contribution is 0.597. The van der Waals surface area contributed by atoms with Crippen LogP contribution in [-0.4, -0.2) is 15.4 Å². The number of H-pyrrole nitrogens is 1. The molecule has 2 aromatic rings. The van der Waals surface area contributed by atoms with Gasteiger partial charge in [0.1, 0.15) is 11.5 Å². The van der Waals surface area contributed by atoms with Gasteiger partial charge >= 0.3 is 0 Å². The van der Waals surface area contributed by atoms with Gasteiger partial charge < -0.3 is 5.73 Å². The summed E-state index contributed by atoms with van der Waals surface area (Å²) >= 11 is 5.63. The van der Waals surface area contributed by atoms with Crippen molar-refractivity contribution in [2.24, 2.45) is 5.73 Å². The topological polar surface area (TPSA) is 67.6 Å². The molecule has 2 rings (SSSR count). The van der Waals surface area contributed by atoms with Crippen molar-refractivity contribution in [1.82, 2.24) is 15.4 Å². The molecule has 0 saturated carbocycles. The van der Waals surface area contributed by atoms with Crippen LogP contribution in [0.4, 0.5) is 4.39 Å². The fourth-order valence-electron chi connectivity index (χ4n) is 1.27. The van der Waals surface area contributed by atoms with Gasteiger partial charge in [0.25, 0.3) is 0 Å². The number of nitrogens with two attached hydrogens (primary N) is 1. The molecule has 1 heterocycles. The third-order valence-corrected chi connectivity index (χ3v) is 2.28. The Morgan fingerprint density at radius 3 is 2.87 bits per heavy atom. The van der Waals surface area contributed by atoms with Crippen molar-refractivity contribution in [2.75, 3.05) is 0 Å². The number of aromatic amines is 1. The van der Waals surface area contributed by atoms with Gasteiger partial charge in [0.2, 0.25) is 0 Å². The molecule has 1 atom stereocenters. The zero-order valence-electron chi connectivity index (χ0n) is 7.61. The summed E-state index contributed by atoms with van der Waals surface area (Å²) in [5.41, 5.74) is 6.63. The fourth-order valence-corrected chi connectivity index (χ4v) is 1.43. The highest BCUT2D eigenvalue weighted by atomic mass is 35.5. The van der Waals surface area contributed by atoms with Crippen LogP contribution in [0.5, 0.6) is 0 Å². The van der Waals surface area contributed by atoms with Crippen molar-refractivity contribution in [1.29, 1.82) is 0 Å². The van der Waals surface area contributed by atoms with Gasteiger partial charge in [-0.25, -0.2) is 4.39 Å². The summed E-state index contributed by atoms with van der Waals surface area (Å²) < 4.78 is 13.5. The zero-order chi connectivity index (χ0) is 10.8. The highest BCUT2D eigenvalue weighted by Crippen LogP contribution is 2.22. The molecular weight excluding hydrogens is 219 g/mol. The van der Waals surface area contributed by atoms with Gasteiger partial charge in [-0.1, -0.05) is 17.7 Å². The zero-order valence-corrected chi connectivity index (χ0v) is 8.37. The van der Waals surface area contributed by atoms with E-state index in [0.717, 1.165) is 0 Å². The first-order valence-electron chi connectivity index (χ1n) is 4.24. The Morgan fingerprint density at radius 1 is 1.47 bits per heavy atom. The van der Waals surface area contributed by atoms with E-state index in [1.54, 1.807) is 6.07 Å². The van der Waals surface area contributed by atoms with Crippen LogP contribution in [0, 0.1) is 5.82 Å². The quantitative estimate of drug-likeness (QED) is 0.818. The molecule has 0 aliphatic rings. The van der Waals surface area contributed by atoms with Gasteiger partial charge in [-0.05, 0) is 12.1 Å². The monoisotopic (exact) mass is 226 g/mol. The van der Waals surface area contributed by atoms with E-state index in [1.807, 2.05) is 0 Å². The third-order valence-electron chi connectivity index (χ3n) is 2.05. The van der Waals surface area contributed by atoms with Gasteiger partial charge in [-0.2, -0.15) is 15.4 Å². The number of halogens is 2. The van der Waals surface area contributed by atoms with Crippen LogP contribution in [0.2, 0.25) is 5.02 Å². The maximum atomic E-state index is 13.5. The Kier molecular flexibility index (Phi) is 2.66. The Balaban J connectivity index is 2.38. The molecule has 6 heteroatoms. The molecule has 0 aliphatic carbocycles. The maximum Gasteiger partial charge on any atom is 0.129 e. The Morgan fingerprint density at radius 2 is 2.27 bits per heavy atom. The number of hydrogen-bond acceptors (Lipinski definition) is 3. The second-order valence-electron chi connectivity index (χ2n) is 3.04. The molecule has 0 radical (unpaired) electrons. The predicted molar refractivity (Wildman–Crippen MR) is 53.8 cm³/mol. The first-order valence-corrected chi connectivity index (χ1v) is 4.62. The summed E-state index contributed by atoms with van der Waals surface area (Å²) in [6.45, 7) is 0. The molecule has 1 aromatic carbocycles. The number of hydrogen-bond donors (Lipinski definition) is 2. The molecule has 0 bridgehead atoms. The number of nitrogens with one attached hydrogen (secondary N) is 1. The van der Waals surface area contributed by atoms with E-state index in [-0.39, 0.29) is 0 Å². The lowest BCUT2D eigenvalue weighted by Gasteiger charge is -2.09. The van der Waals surface area contributed by atoms with E-state index in [0.29, 0.717) is 16.3 Å². The van der Waals surface area contributed by atoms with Crippen LogP contribution < -0.4 is 5.73 Å². The number of nitrogens with zero attached hydrogens (tertiary/aromatic N) is 2. The van der Waals surface area contributed by atoms with Crippen LogP contribution in [0.15, 0.2) is 24.4 Å². The van der Waals surface area contributed by atoms with Crippen molar-refractivity contribution in [3.05, 3.63) is 46.5 Å². The highest BCUT2D eigenvalue weighted by Gasteiger charge is 2.15. The van der Waals surface area contributed by atoms with Gasteiger partial charge in [0.15, 0.2) is 0 Å². The molecule has 0 aliphatic heterocycles. The van der Waals surface area contributed by atoms with Gasteiger partial charge in [-0.3, -0.25) is 0 Å². The molecule has 4 nitrogen and oxygen atoms in total. The van der Waals surface area contributed by atoms with Gasteiger partial charge in [-0.15, -0.1) is 0 Å². The van der Waals surface area contributed by atoms with Crippen LogP contribution in [0.25, 0.3) is 0 Å². The molecule has 0 spiro atoms. The molecule has 1 unspecified atom stereocenters. The minimum atomic E-state index is -0.638. The second-order valence-corrected chi connectivity index (χ2v) is 3.47. The number of benzene rings is 1. The first-order chi connectivity index (χ1) is 7.18. The van der Waals surface area contributed by atoms with E-state index in [4.69, 9.17) is 17.3 Å². The Hall–Kier alpha value is -1.46. The van der Waals surface area contributed by atoms with E-state index in [1.165, 1.54) is 18.3 Å². The molecular formula is C9H8ClFN4. The summed E-state index contributed by atoms with van der Waals surface area (Å²) in [6, 6.07) is 3.70. The molecule has 15 heavy (non-hydrogen) atoms. The molecule has 0 fully saturated rings. The summed E-state index contributed by atoms with van der Waals surface area (Å²) in [5.74, 6) is -0.446. The first kappa shape index (κ1) is 10.1. The van der Waals surface area contributed by atoms with Crippen molar-refractivity contribution in [2.45, 2.75) is 6.04 Å². The van der Waals surface area contributed by atoms with E-state index < -0.39 is 11.9 Å². The van der Waals surface area contributed by atoms with Crippen molar-refractivity contribution < 1.29 is 4.39 Å². The summed E-state index contributed by atoms with van der Waals surface area (Å²) in [6.07, 6.45) is 1.46. The number of aromatic nitrogens is 3. The Labute approximate surface area is 90.2 Å². The van der Waals surface area contributed by atoms with Crippen molar-refractivity contribution in [3.8, 4) is 0 Å². The van der Waals surface area contributed by atoms with Gasteiger partial charge in [0.05, 0.1) is 12.2 Å². The van der Waals surface area contributed by atoms with Crippen LogP contribution >= 0.6 is 11.6 Å². The molecule has 0 saturated heterocycles. The maximum absolute atomic E-state index is 13.5. The van der Waals surface area contributed by atoms with E-state index >= 15 is 0 Å². The average molecular weight is 227 g/mol. The molecule has 0 amide bonds. The van der Waals surface area contributed by atoms with E-state index in [2.05, 4.69) is 15.4 Å². The molecule has 78 valence electrons.